The van der Waals surface area contributed by atoms with E-state index in [9.17, 15) is 4.79 Å². The Labute approximate surface area is 85.4 Å². The van der Waals surface area contributed by atoms with Crippen molar-refractivity contribution in [2.45, 2.75) is 25.3 Å². The van der Waals surface area contributed by atoms with Gasteiger partial charge in [0, 0.05) is 6.54 Å². The van der Waals surface area contributed by atoms with Gasteiger partial charge in [0.15, 0.2) is 0 Å². The van der Waals surface area contributed by atoms with Crippen LogP contribution >= 0.6 is 12.4 Å². The lowest BCUT2D eigenvalue weighted by atomic mass is 10.0. The molecule has 0 saturated carbocycles. The standard InChI is InChI=1S/C9H16N2O.ClH/c1-2-6-11-9(12)8-5-3-4-7-10-8;/h2,8,10H,1,3-7H2,(H,11,12);1H. The van der Waals surface area contributed by atoms with Crippen molar-refractivity contribution in [1.82, 2.24) is 10.6 Å². The molecule has 1 aliphatic heterocycles. The smallest absolute Gasteiger partial charge is 0.237 e. The van der Waals surface area contributed by atoms with Gasteiger partial charge in [0.25, 0.3) is 0 Å². The highest BCUT2D eigenvalue weighted by Crippen LogP contribution is 2.06. The van der Waals surface area contributed by atoms with Crippen molar-refractivity contribution in [2.24, 2.45) is 0 Å². The Balaban J connectivity index is 0.00000144. The SMILES string of the molecule is C=CCNC(=O)C1CCCCN1.Cl. The summed E-state index contributed by atoms with van der Waals surface area (Å²) in [6.45, 7) is 5.07. The summed E-state index contributed by atoms with van der Waals surface area (Å²) < 4.78 is 0. The topological polar surface area (TPSA) is 41.1 Å². The van der Waals surface area contributed by atoms with Gasteiger partial charge in [-0.3, -0.25) is 4.79 Å². The number of halogens is 1. The molecule has 1 atom stereocenters. The van der Waals surface area contributed by atoms with Crippen LogP contribution in [0.5, 0.6) is 0 Å². The van der Waals surface area contributed by atoms with Crippen LogP contribution in [-0.2, 0) is 4.79 Å². The van der Waals surface area contributed by atoms with E-state index >= 15 is 0 Å². The summed E-state index contributed by atoms with van der Waals surface area (Å²) >= 11 is 0. The molecule has 0 bridgehead atoms. The highest BCUT2D eigenvalue weighted by Gasteiger charge is 2.19. The third-order valence-corrected chi connectivity index (χ3v) is 2.05. The van der Waals surface area contributed by atoms with Crippen molar-refractivity contribution < 1.29 is 4.79 Å². The first-order valence-corrected chi connectivity index (χ1v) is 4.46. The second-order valence-electron chi connectivity index (χ2n) is 3.04. The number of carbonyl (C=O) groups excluding carboxylic acids is 1. The van der Waals surface area contributed by atoms with E-state index in [2.05, 4.69) is 17.2 Å². The van der Waals surface area contributed by atoms with E-state index in [1.807, 2.05) is 0 Å². The molecule has 1 aliphatic rings. The Morgan fingerprint density at radius 2 is 2.38 bits per heavy atom. The molecule has 0 aromatic rings. The van der Waals surface area contributed by atoms with Crippen LogP contribution < -0.4 is 10.6 Å². The Morgan fingerprint density at radius 1 is 1.62 bits per heavy atom. The van der Waals surface area contributed by atoms with Crippen molar-refractivity contribution in [3.05, 3.63) is 12.7 Å². The molecule has 4 heteroatoms. The van der Waals surface area contributed by atoms with E-state index in [1.54, 1.807) is 6.08 Å². The predicted molar refractivity (Wildman–Crippen MR) is 56.1 cm³/mol. The fourth-order valence-electron chi connectivity index (χ4n) is 1.37. The van der Waals surface area contributed by atoms with Crippen molar-refractivity contribution in [2.75, 3.05) is 13.1 Å². The second-order valence-corrected chi connectivity index (χ2v) is 3.04. The Bertz CT molecular complexity index is 167. The van der Waals surface area contributed by atoms with Crippen molar-refractivity contribution in [3.63, 3.8) is 0 Å². The van der Waals surface area contributed by atoms with E-state index in [0.29, 0.717) is 6.54 Å². The number of carbonyl (C=O) groups is 1. The van der Waals surface area contributed by atoms with E-state index < -0.39 is 0 Å². The summed E-state index contributed by atoms with van der Waals surface area (Å²) in [6.07, 6.45) is 4.99. The lowest BCUT2D eigenvalue weighted by Crippen LogP contribution is -2.46. The normalized spacial score (nSPS) is 21.4. The first kappa shape index (κ1) is 12.5. The molecule has 0 spiro atoms. The maximum atomic E-state index is 11.3. The van der Waals surface area contributed by atoms with Crippen LogP contribution in [0.3, 0.4) is 0 Å². The summed E-state index contributed by atoms with van der Waals surface area (Å²) in [6, 6.07) is 0.0266. The van der Waals surface area contributed by atoms with Gasteiger partial charge < -0.3 is 10.6 Å². The van der Waals surface area contributed by atoms with Gasteiger partial charge >= 0.3 is 0 Å². The van der Waals surface area contributed by atoms with E-state index in [1.165, 1.54) is 6.42 Å². The first-order chi connectivity index (χ1) is 5.84. The van der Waals surface area contributed by atoms with Gasteiger partial charge in [0.05, 0.1) is 6.04 Å². The molecule has 1 unspecified atom stereocenters. The van der Waals surface area contributed by atoms with Gasteiger partial charge in [-0.25, -0.2) is 0 Å². The fraction of sp³-hybridized carbons (Fsp3) is 0.667. The molecule has 13 heavy (non-hydrogen) atoms. The van der Waals surface area contributed by atoms with E-state index in [4.69, 9.17) is 0 Å². The van der Waals surface area contributed by atoms with Gasteiger partial charge in [0.2, 0.25) is 5.91 Å². The summed E-state index contributed by atoms with van der Waals surface area (Å²) in [5, 5.41) is 5.96. The third kappa shape index (κ3) is 4.29. The second kappa shape index (κ2) is 6.92. The molecule has 1 rings (SSSR count). The van der Waals surface area contributed by atoms with Crippen LogP contribution in [0.4, 0.5) is 0 Å². The molecule has 0 aromatic heterocycles. The van der Waals surface area contributed by atoms with Gasteiger partial charge in [-0.1, -0.05) is 12.5 Å². The Hall–Kier alpha value is -0.540. The van der Waals surface area contributed by atoms with Gasteiger partial charge in [-0.05, 0) is 19.4 Å². The monoisotopic (exact) mass is 204 g/mol. The largest absolute Gasteiger partial charge is 0.351 e. The molecule has 1 fully saturated rings. The average molecular weight is 205 g/mol. The zero-order chi connectivity index (χ0) is 8.81. The molecule has 76 valence electrons. The maximum Gasteiger partial charge on any atom is 0.237 e. The number of rotatable bonds is 3. The van der Waals surface area contributed by atoms with E-state index in [0.717, 1.165) is 19.4 Å². The van der Waals surface area contributed by atoms with Crippen molar-refractivity contribution in [1.29, 1.82) is 0 Å². The van der Waals surface area contributed by atoms with E-state index in [-0.39, 0.29) is 24.4 Å². The molecule has 1 amide bonds. The molecule has 3 nitrogen and oxygen atoms in total. The first-order valence-electron chi connectivity index (χ1n) is 4.46. The van der Waals surface area contributed by atoms with Crippen LogP contribution in [0.15, 0.2) is 12.7 Å². The van der Waals surface area contributed by atoms with Crippen LogP contribution in [0.25, 0.3) is 0 Å². The zero-order valence-electron chi connectivity index (χ0n) is 7.71. The number of hydrogen-bond acceptors (Lipinski definition) is 2. The molecule has 0 aromatic carbocycles. The fourth-order valence-corrected chi connectivity index (χ4v) is 1.37. The Kier molecular flexibility index (Phi) is 6.63. The zero-order valence-corrected chi connectivity index (χ0v) is 8.53. The molecule has 0 aliphatic carbocycles. The Morgan fingerprint density at radius 3 is 2.92 bits per heavy atom. The van der Waals surface area contributed by atoms with Gasteiger partial charge in [0.1, 0.15) is 0 Å². The van der Waals surface area contributed by atoms with Crippen LogP contribution in [0, 0.1) is 0 Å². The summed E-state index contributed by atoms with van der Waals surface area (Å²) in [5.74, 6) is 0.106. The quantitative estimate of drug-likeness (QED) is 0.670. The lowest BCUT2D eigenvalue weighted by Gasteiger charge is -2.22. The summed E-state index contributed by atoms with van der Waals surface area (Å²) in [7, 11) is 0. The van der Waals surface area contributed by atoms with Crippen molar-refractivity contribution >= 4 is 18.3 Å². The van der Waals surface area contributed by atoms with Gasteiger partial charge in [-0.2, -0.15) is 0 Å². The minimum absolute atomic E-state index is 0. The van der Waals surface area contributed by atoms with Crippen LogP contribution in [-0.4, -0.2) is 25.0 Å². The number of nitrogens with one attached hydrogen (secondary N) is 2. The van der Waals surface area contributed by atoms with Gasteiger partial charge in [-0.15, -0.1) is 19.0 Å². The number of hydrogen-bond donors (Lipinski definition) is 2. The highest BCUT2D eigenvalue weighted by molar-refractivity contribution is 5.85. The molecular weight excluding hydrogens is 188 g/mol. The van der Waals surface area contributed by atoms with Crippen molar-refractivity contribution in [3.8, 4) is 0 Å². The molecule has 1 saturated heterocycles. The number of piperidine rings is 1. The maximum absolute atomic E-state index is 11.3. The summed E-state index contributed by atoms with van der Waals surface area (Å²) in [4.78, 5) is 11.3. The molecule has 2 N–H and O–H groups in total. The molecular formula is C9H17ClN2O. The van der Waals surface area contributed by atoms with Crippen LogP contribution in [0.1, 0.15) is 19.3 Å². The lowest BCUT2D eigenvalue weighted by molar-refractivity contribution is -0.123. The third-order valence-electron chi connectivity index (χ3n) is 2.05. The molecule has 1 heterocycles. The molecule has 0 radical (unpaired) electrons. The van der Waals surface area contributed by atoms with Crippen LogP contribution in [0.2, 0.25) is 0 Å². The minimum Gasteiger partial charge on any atom is -0.351 e. The summed E-state index contributed by atoms with van der Waals surface area (Å²) in [5.41, 5.74) is 0. The minimum atomic E-state index is 0. The average Bonchev–Trinajstić information content (AvgIpc) is 2.15. The predicted octanol–water partition coefficient (Wildman–Crippen LogP) is 0.852. The number of amides is 1. The highest BCUT2D eigenvalue weighted by atomic mass is 35.5.